The highest BCUT2D eigenvalue weighted by molar-refractivity contribution is 7.91. The molecule has 1 aliphatic carbocycles. The van der Waals surface area contributed by atoms with Crippen molar-refractivity contribution in [2.75, 3.05) is 40.9 Å². The zero-order valence-corrected chi connectivity index (χ0v) is 18.5. The normalized spacial score (nSPS) is 22.8. The van der Waals surface area contributed by atoms with Gasteiger partial charge >= 0.3 is 0 Å². The Hall–Kier alpha value is -0.960. The third kappa shape index (κ3) is 4.96. The van der Waals surface area contributed by atoms with Crippen LogP contribution in [0.5, 0.6) is 0 Å². The molecule has 7 nitrogen and oxygen atoms in total. The van der Waals surface area contributed by atoms with E-state index in [0.717, 1.165) is 70.3 Å². The monoisotopic (exact) mass is 412 g/mol. The number of ether oxygens (including phenoxy) is 1. The van der Waals surface area contributed by atoms with Crippen LogP contribution in [0, 0.1) is 0 Å². The van der Waals surface area contributed by atoms with Crippen molar-refractivity contribution in [3.05, 3.63) is 11.9 Å². The molecule has 0 amide bonds. The van der Waals surface area contributed by atoms with E-state index in [9.17, 15) is 8.42 Å². The first-order chi connectivity index (χ1) is 13.4. The van der Waals surface area contributed by atoms with Crippen LogP contribution in [0.3, 0.4) is 0 Å². The first-order valence-corrected chi connectivity index (χ1v) is 12.1. The molecule has 0 spiro atoms. The Bertz CT molecular complexity index is 724. The van der Waals surface area contributed by atoms with E-state index in [-0.39, 0.29) is 10.4 Å². The maximum Gasteiger partial charge on any atom is 0.228 e. The Labute approximate surface area is 170 Å². The highest BCUT2D eigenvalue weighted by atomic mass is 32.2. The minimum Gasteiger partial charge on any atom is -0.383 e. The summed E-state index contributed by atoms with van der Waals surface area (Å²) in [5.74, 6) is 0. The SMILES string of the molecule is COCCn1c(CN2CCC(N(C)C)C2)cnc1S(=O)(=O)C1CCCCCC1. The number of likely N-dealkylation sites (N-methyl/N-ethyl adjacent to an activating group) is 1. The summed E-state index contributed by atoms with van der Waals surface area (Å²) in [5, 5.41) is -0.0498. The molecule has 8 heteroatoms. The van der Waals surface area contributed by atoms with Crippen molar-refractivity contribution in [3.63, 3.8) is 0 Å². The first kappa shape index (κ1) is 21.7. The smallest absolute Gasteiger partial charge is 0.228 e. The van der Waals surface area contributed by atoms with E-state index < -0.39 is 9.84 Å². The zero-order valence-electron chi connectivity index (χ0n) is 17.6. The van der Waals surface area contributed by atoms with Gasteiger partial charge in [0, 0.05) is 39.3 Å². The molecule has 0 N–H and O–H groups in total. The van der Waals surface area contributed by atoms with Crippen LogP contribution in [0.2, 0.25) is 0 Å². The number of sulfone groups is 1. The Morgan fingerprint density at radius 1 is 1.18 bits per heavy atom. The van der Waals surface area contributed by atoms with Gasteiger partial charge in [-0.2, -0.15) is 0 Å². The number of hydrogen-bond donors (Lipinski definition) is 0. The van der Waals surface area contributed by atoms with Crippen LogP contribution < -0.4 is 0 Å². The quantitative estimate of drug-likeness (QED) is 0.610. The molecular formula is C20H36N4O3S. The third-order valence-corrected chi connectivity index (χ3v) is 8.46. The van der Waals surface area contributed by atoms with Gasteiger partial charge in [-0.3, -0.25) is 4.90 Å². The second kappa shape index (κ2) is 9.69. The predicted octanol–water partition coefficient (Wildman–Crippen LogP) is 2.16. The van der Waals surface area contributed by atoms with Crippen LogP contribution >= 0.6 is 0 Å². The van der Waals surface area contributed by atoms with Crippen LogP contribution in [-0.4, -0.2) is 80.0 Å². The molecule has 160 valence electrons. The molecule has 0 bridgehead atoms. The van der Waals surface area contributed by atoms with Gasteiger partial charge in [-0.1, -0.05) is 25.7 Å². The van der Waals surface area contributed by atoms with Crippen LogP contribution in [-0.2, 0) is 27.7 Å². The van der Waals surface area contributed by atoms with Gasteiger partial charge in [-0.15, -0.1) is 0 Å². The summed E-state index contributed by atoms with van der Waals surface area (Å²) in [4.78, 5) is 9.09. The molecule has 28 heavy (non-hydrogen) atoms. The molecule has 1 aliphatic heterocycles. The molecule has 0 radical (unpaired) electrons. The van der Waals surface area contributed by atoms with Gasteiger partial charge in [0.05, 0.1) is 23.7 Å². The molecule has 0 aromatic carbocycles. The summed E-state index contributed by atoms with van der Waals surface area (Å²) in [6, 6.07) is 0.560. The van der Waals surface area contributed by atoms with Crippen LogP contribution in [0.1, 0.15) is 50.6 Å². The second-order valence-corrected chi connectivity index (χ2v) is 10.6. The van der Waals surface area contributed by atoms with E-state index in [1.807, 2.05) is 4.57 Å². The summed E-state index contributed by atoms with van der Waals surface area (Å²) >= 11 is 0. The van der Waals surface area contributed by atoms with E-state index in [0.29, 0.717) is 19.2 Å². The Balaban J connectivity index is 1.81. The maximum absolute atomic E-state index is 13.4. The summed E-state index contributed by atoms with van der Waals surface area (Å²) in [6.07, 6.45) is 8.69. The number of methoxy groups -OCH3 is 1. The van der Waals surface area contributed by atoms with Gasteiger partial charge in [0.2, 0.25) is 15.0 Å². The summed E-state index contributed by atoms with van der Waals surface area (Å²) in [7, 11) is 2.48. The standard InChI is InChI=1S/C20H36N4O3S/c1-22(2)17-10-11-23(15-17)16-18-14-21-20(24(18)12-13-27-3)28(25,26)19-8-6-4-5-7-9-19/h14,17,19H,4-13,15-16H2,1-3H3. The lowest BCUT2D eigenvalue weighted by molar-refractivity contribution is 0.181. The van der Waals surface area contributed by atoms with Gasteiger partial charge in [-0.05, 0) is 33.4 Å². The Morgan fingerprint density at radius 3 is 2.50 bits per heavy atom. The predicted molar refractivity (Wildman–Crippen MR) is 110 cm³/mol. The topological polar surface area (TPSA) is 67.7 Å². The molecule has 1 aromatic heterocycles. The molecule has 1 aromatic rings. The van der Waals surface area contributed by atoms with Gasteiger partial charge in [0.1, 0.15) is 0 Å². The first-order valence-electron chi connectivity index (χ1n) is 10.6. The number of rotatable bonds is 8. The van der Waals surface area contributed by atoms with Crippen molar-refractivity contribution in [2.45, 2.75) is 74.5 Å². The van der Waals surface area contributed by atoms with Crippen molar-refractivity contribution >= 4 is 9.84 Å². The van der Waals surface area contributed by atoms with Gasteiger partial charge in [-0.25, -0.2) is 13.4 Å². The fourth-order valence-electron chi connectivity index (χ4n) is 4.47. The highest BCUT2D eigenvalue weighted by Gasteiger charge is 2.33. The van der Waals surface area contributed by atoms with E-state index in [2.05, 4.69) is 28.9 Å². The zero-order chi connectivity index (χ0) is 20.1. The maximum atomic E-state index is 13.4. The molecule has 1 saturated carbocycles. The fourth-order valence-corrected chi connectivity index (χ4v) is 6.44. The van der Waals surface area contributed by atoms with Gasteiger partial charge < -0.3 is 14.2 Å². The number of aromatic nitrogens is 2. The van der Waals surface area contributed by atoms with Crippen molar-refractivity contribution < 1.29 is 13.2 Å². The average molecular weight is 413 g/mol. The molecule has 1 atom stereocenters. The minimum atomic E-state index is -3.41. The third-order valence-electron chi connectivity index (χ3n) is 6.28. The molecule has 2 heterocycles. The summed E-state index contributed by atoms with van der Waals surface area (Å²) < 4.78 is 33.9. The molecule has 2 fully saturated rings. The molecule has 1 saturated heterocycles. The lowest BCUT2D eigenvalue weighted by Crippen LogP contribution is -2.32. The average Bonchev–Trinajstić information content (AvgIpc) is 3.19. The molecule has 2 aliphatic rings. The van der Waals surface area contributed by atoms with Crippen LogP contribution in [0.15, 0.2) is 11.4 Å². The van der Waals surface area contributed by atoms with E-state index in [1.165, 1.54) is 0 Å². The van der Waals surface area contributed by atoms with Crippen molar-refractivity contribution in [1.82, 2.24) is 19.4 Å². The summed E-state index contributed by atoms with van der Waals surface area (Å²) in [6.45, 7) is 3.78. The number of nitrogens with zero attached hydrogens (tertiary/aromatic N) is 4. The number of hydrogen-bond acceptors (Lipinski definition) is 6. The number of likely N-dealkylation sites (tertiary alicyclic amines) is 1. The van der Waals surface area contributed by atoms with Crippen LogP contribution in [0.25, 0.3) is 0 Å². The number of imidazole rings is 1. The Kier molecular flexibility index (Phi) is 7.53. The largest absolute Gasteiger partial charge is 0.383 e. The van der Waals surface area contributed by atoms with E-state index in [1.54, 1.807) is 13.3 Å². The molecule has 3 rings (SSSR count). The fraction of sp³-hybridized carbons (Fsp3) is 0.850. The van der Waals surface area contributed by atoms with Crippen molar-refractivity contribution in [2.24, 2.45) is 0 Å². The minimum absolute atomic E-state index is 0.245. The van der Waals surface area contributed by atoms with Crippen molar-refractivity contribution in [1.29, 1.82) is 0 Å². The van der Waals surface area contributed by atoms with Crippen LogP contribution in [0.4, 0.5) is 0 Å². The van der Waals surface area contributed by atoms with Gasteiger partial charge in [0.15, 0.2) is 0 Å². The lowest BCUT2D eigenvalue weighted by atomic mass is 10.2. The lowest BCUT2D eigenvalue weighted by Gasteiger charge is -2.21. The molecular weight excluding hydrogens is 376 g/mol. The summed E-state index contributed by atoms with van der Waals surface area (Å²) in [5.41, 5.74) is 0.976. The van der Waals surface area contributed by atoms with E-state index >= 15 is 0 Å². The Morgan fingerprint density at radius 2 is 1.89 bits per heavy atom. The van der Waals surface area contributed by atoms with E-state index in [4.69, 9.17) is 4.74 Å². The second-order valence-electron chi connectivity index (χ2n) is 8.48. The molecule has 1 unspecified atom stereocenters. The van der Waals surface area contributed by atoms with Gasteiger partial charge in [0.25, 0.3) is 0 Å². The van der Waals surface area contributed by atoms with Crippen molar-refractivity contribution in [3.8, 4) is 0 Å². The highest BCUT2D eigenvalue weighted by Crippen LogP contribution is 2.28.